The average molecular weight is 188 g/mol. The van der Waals surface area contributed by atoms with Crippen molar-refractivity contribution >= 4 is 12.3 Å². The van der Waals surface area contributed by atoms with Crippen molar-refractivity contribution in [1.82, 2.24) is 0 Å². The van der Waals surface area contributed by atoms with E-state index < -0.39 is 5.97 Å². The molecule has 0 amide bonds. The molecular weight excluding hydrogens is 180 g/mol. The summed E-state index contributed by atoms with van der Waals surface area (Å²) in [7, 11) is 0. The highest BCUT2D eigenvalue weighted by molar-refractivity contribution is 5.75. The van der Waals surface area contributed by atoms with Gasteiger partial charge < -0.3 is 5.11 Å². The SMILES string of the molecule is O=CC#Cc1ccccc1CC(=O)O. The standard InChI is InChI=1S/C11H8O3/c12-7-3-6-9-4-1-2-5-10(9)8-11(13)14/h1-2,4-5,7H,8H2,(H,13,14). The van der Waals surface area contributed by atoms with E-state index in [9.17, 15) is 9.59 Å². The predicted octanol–water partition coefficient (Wildman–Crippen LogP) is 0.864. The molecule has 1 aromatic carbocycles. The lowest BCUT2D eigenvalue weighted by Gasteiger charge is -1.99. The summed E-state index contributed by atoms with van der Waals surface area (Å²) >= 11 is 0. The highest BCUT2D eigenvalue weighted by Gasteiger charge is 2.03. The topological polar surface area (TPSA) is 54.4 Å². The Hall–Kier alpha value is -2.08. The number of aldehydes is 1. The molecule has 0 aliphatic carbocycles. The third-order valence-corrected chi connectivity index (χ3v) is 1.62. The molecule has 0 saturated heterocycles. The summed E-state index contributed by atoms with van der Waals surface area (Å²) in [5.41, 5.74) is 1.20. The second kappa shape index (κ2) is 4.83. The maximum Gasteiger partial charge on any atom is 0.307 e. The molecule has 1 aromatic rings. The van der Waals surface area contributed by atoms with Gasteiger partial charge in [0.05, 0.1) is 6.42 Å². The van der Waals surface area contributed by atoms with E-state index in [4.69, 9.17) is 5.11 Å². The summed E-state index contributed by atoms with van der Waals surface area (Å²) in [5, 5.41) is 8.60. The molecule has 1 rings (SSSR count). The van der Waals surface area contributed by atoms with Gasteiger partial charge in [-0.3, -0.25) is 9.59 Å². The Morgan fingerprint density at radius 2 is 2.14 bits per heavy atom. The number of carboxylic acid groups (broad SMARTS) is 1. The van der Waals surface area contributed by atoms with Gasteiger partial charge in [-0.15, -0.1) is 0 Å². The number of carboxylic acids is 1. The molecular formula is C11H8O3. The van der Waals surface area contributed by atoms with Crippen molar-refractivity contribution in [2.75, 3.05) is 0 Å². The van der Waals surface area contributed by atoms with Crippen LogP contribution in [0.2, 0.25) is 0 Å². The molecule has 1 N–H and O–H groups in total. The number of benzene rings is 1. The van der Waals surface area contributed by atoms with Gasteiger partial charge in [0.2, 0.25) is 0 Å². The first-order valence-corrected chi connectivity index (χ1v) is 3.99. The Labute approximate surface area is 81.4 Å². The third-order valence-electron chi connectivity index (χ3n) is 1.62. The van der Waals surface area contributed by atoms with E-state index in [0.29, 0.717) is 17.4 Å². The number of aliphatic carboxylic acids is 1. The molecule has 3 nitrogen and oxygen atoms in total. The second-order valence-corrected chi connectivity index (χ2v) is 2.61. The number of carbonyl (C=O) groups excluding carboxylic acids is 1. The minimum atomic E-state index is -0.912. The minimum absolute atomic E-state index is 0.0797. The van der Waals surface area contributed by atoms with Gasteiger partial charge in [-0.2, -0.15) is 0 Å². The summed E-state index contributed by atoms with van der Waals surface area (Å²) < 4.78 is 0. The minimum Gasteiger partial charge on any atom is -0.481 e. The maximum absolute atomic E-state index is 10.5. The summed E-state index contributed by atoms with van der Waals surface area (Å²) in [4.78, 5) is 20.5. The van der Waals surface area contributed by atoms with Crippen LogP contribution in [0, 0.1) is 11.8 Å². The summed E-state index contributed by atoms with van der Waals surface area (Å²) in [6.07, 6.45) is 0.404. The van der Waals surface area contributed by atoms with Gasteiger partial charge in [-0.25, -0.2) is 0 Å². The molecule has 70 valence electrons. The molecule has 0 saturated carbocycles. The number of hydrogen-bond donors (Lipinski definition) is 1. The Kier molecular flexibility index (Phi) is 3.45. The fraction of sp³-hybridized carbons (Fsp3) is 0.0909. The van der Waals surface area contributed by atoms with Crippen molar-refractivity contribution in [3.63, 3.8) is 0 Å². The summed E-state index contributed by atoms with van der Waals surface area (Å²) in [6, 6.07) is 6.86. The van der Waals surface area contributed by atoms with Gasteiger partial charge in [-0.05, 0) is 17.6 Å². The van der Waals surface area contributed by atoms with E-state index in [-0.39, 0.29) is 6.42 Å². The van der Waals surface area contributed by atoms with E-state index in [0.717, 1.165) is 0 Å². The smallest absolute Gasteiger partial charge is 0.307 e. The molecule has 0 heterocycles. The van der Waals surface area contributed by atoms with Crippen LogP contribution in [0.4, 0.5) is 0 Å². The molecule has 0 atom stereocenters. The molecule has 0 aliphatic heterocycles. The largest absolute Gasteiger partial charge is 0.481 e. The highest BCUT2D eigenvalue weighted by Crippen LogP contribution is 2.07. The van der Waals surface area contributed by atoms with E-state index in [1.165, 1.54) is 0 Å². The molecule has 3 heteroatoms. The van der Waals surface area contributed by atoms with Crippen LogP contribution in [0.5, 0.6) is 0 Å². The zero-order valence-corrected chi connectivity index (χ0v) is 7.36. The third kappa shape index (κ3) is 2.76. The van der Waals surface area contributed by atoms with E-state index >= 15 is 0 Å². The molecule has 14 heavy (non-hydrogen) atoms. The van der Waals surface area contributed by atoms with Gasteiger partial charge in [0, 0.05) is 5.56 Å². The van der Waals surface area contributed by atoms with E-state index in [1.807, 2.05) is 0 Å². The average Bonchev–Trinajstić information content (AvgIpc) is 2.16. The summed E-state index contributed by atoms with van der Waals surface area (Å²) in [5.74, 6) is 3.93. The van der Waals surface area contributed by atoms with Crippen LogP contribution in [0.3, 0.4) is 0 Å². The normalized spacial score (nSPS) is 8.57. The predicted molar refractivity (Wildman–Crippen MR) is 50.7 cm³/mol. The van der Waals surface area contributed by atoms with Crippen molar-refractivity contribution < 1.29 is 14.7 Å². The van der Waals surface area contributed by atoms with Crippen LogP contribution >= 0.6 is 0 Å². The first kappa shape index (κ1) is 10.0. The Morgan fingerprint density at radius 1 is 1.43 bits per heavy atom. The Bertz CT molecular complexity index is 410. The van der Waals surface area contributed by atoms with Crippen LogP contribution < -0.4 is 0 Å². The molecule has 0 bridgehead atoms. The van der Waals surface area contributed by atoms with Crippen molar-refractivity contribution in [3.8, 4) is 11.8 Å². The summed E-state index contributed by atoms with van der Waals surface area (Å²) in [6.45, 7) is 0. The maximum atomic E-state index is 10.5. The monoisotopic (exact) mass is 188 g/mol. The van der Waals surface area contributed by atoms with Gasteiger partial charge in [0.1, 0.15) is 0 Å². The Morgan fingerprint density at radius 3 is 2.79 bits per heavy atom. The van der Waals surface area contributed by atoms with Gasteiger partial charge in [-0.1, -0.05) is 24.1 Å². The van der Waals surface area contributed by atoms with Gasteiger partial charge in [0.15, 0.2) is 6.29 Å². The van der Waals surface area contributed by atoms with Crippen molar-refractivity contribution in [2.45, 2.75) is 6.42 Å². The van der Waals surface area contributed by atoms with Crippen LogP contribution in [0.15, 0.2) is 24.3 Å². The molecule has 0 fully saturated rings. The zero-order chi connectivity index (χ0) is 10.4. The molecule has 0 radical (unpaired) electrons. The van der Waals surface area contributed by atoms with E-state index in [2.05, 4.69) is 11.8 Å². The van der Waals surface area contributed by atoms with Gasteiger partial charge >= 0.3 is 5.97 Å². The lowest BCUT2D eigenvalue weighted by Crippen LogP contribution is -2.01. The quantitative estimate of drug-likeness (QED) is 0.553. The van der Waals surface area contributed by atoms with Crippen LogP contribution in [0.1, 0.15) is 11.1 Å². The number of rotatable bonds is 2. The molecule has 0 unspecified atom stereocenters. The fourth-order valence-corrected chi connectivity index (χ4v) is 1.07. The molecule has 0 aliphatic rings. The molecule has 0 aromatic heterocycles. The number of carbonyl (C=O) groups is 2. The first-order valence-electron chi connectivity index (χ1n) is 3.99. The van der Waals surface area contributed by atoms with Crippen molar-refractivity contribution in [2.24, 2.45) is 0 Å². The number of hydrogen-bond acceptors (Lipinski definition) is 2. The van der Waals surface area contributed by atoms with Crippen LogP contribution in [-0.4, -0.2) is 17.4 Å². The van der Waals surface area contributed by atoms with Crippen molar-refractivity contribution in [3.05, 3.63) is 35.4 Å². The van der Waals surface area contributed by atoms with Crippen molar-refractivity contribution in [1.29, 1.82) is 0 Å². The molecule has 0 spiro atoms. The second-order valence-electron chi connectivity index (χ2n) is 2.61. The van der Waals surface area contributed by atoms with Crippen LogP contribution in [-0.2, 0) is 16.0 Å². The van der Waals surface area contributed by atoms with Gasteiger partial charge in [0.25, 0.3) is 0 Å². The Balaban J connectivity index is 3.02. The highest BCUT2D eigenvalue weighted by atomic mass is 16.4. The first-order chi connectivity index (χ1) is 6.74. The zero-order valence-electron chi connectivity index (χ0n) is 7.36. The van der Waals surface area contributed by atoms with E-state index in [1.54, 1.807) is 24.3 Å². The lowest BCUT2D eigenvalue weighted by atomic mass is 10.1. The fourth-order valence-electron chi connectivity index (χ4n) is 1.07. The van der Waals surface area contributed by atoms with Crippen LogP contribution in [0.25, 0.3) is 0 Å². The lowest BCUT2D eigenvalue weighted by molar-refractivity contribution is -0.136.